The number of pyridine rings is 1. The van der Waals surface area contributed by atoms with E-state index in [1.165, 1.54) is 28.7 Å². The molecule has 3 amide bonds. The molecular formula is C27H34N8O5. The maximum Gasteiger partial charge on any atom is 0.407 e. The quantitative estimate of drug-likeness (QED) is 0.324. The number of hydrogen-bond donors (Lipinski definition) is 3. The molecule has 13 heteroatoms. The standard InChI is InChI=1S/C27H34N8O5/c1-16(2)14-20-23-24(29-17(3)28-20)33-21(32-23)15-35-13-9-11-19(26(35)38)30-25(37)18(31-27(39)40-6)10-7-8-12-22(36)34(4)5/h8-9,11-14,18H,7,10,15H2,1-6H3,(H,30,37)(H,31,39)(H,28,29,32,33). The molecule has 0 spiro atoms. The third-order valence-electron chi connectivity index (χ3n) is 5.67. The summed E-state index contributed by atoms with van der Waals surface area (Å²) in [4.78, 5) is 67.8. The van der Waals surface area contributed by atoms with Crippen LogP contribution in [0.3, 0.4) is 0 Å². The van der Waals surface area contributed by atoms with Gasteiger partial charge in [0.25, 0.3) is 5.56 Å². The van der Waals surface area contributed by atoms with Crippen molar-refractivity contribution in [2.75, 3.05) is 26.5 Å². The number of hydrogen-bond acceptors (Lipinski definition) is 8. The Morgan fingerprint density at radius 3 is 2.62 bits per heavy atom. The van der Waals surface area contributed by atoms with Gasteiger partial charge in [0.15, 0.2) is 5.65 Å². The number of aromatic amines is 1. The Hall–Kier alpha value is -4.81. The number of rotatable bonds is 10. The molecule has 40 heavy (non-hydrogen) atoms. The number of carbonyl (C=O) groups excluding carboxylic acids is 3. The fraction of sp³-hybridized carbons (Fsp3) is 0.370. The van der Waals surface area contributed by atoms with Gasteiger partial charge < -0.3 is 29.8 Å². The van der Waals surface area contributed by atoms with Gasteiger partial charge in [-0.1, -0.05) is 11.6 Å². The molecule has 3 heterocycles. The molecule has 1 atom stereocenters. The molecular weight excluding hydrogens is 516 g/mol. The summed E-state index contributed by atoms with van der Waals surface area (Å²) in [5, 5.41) is 5.06. The predicted octanol–water partition coefficient (Wildman–Crippen LogP) is 2.38. The lowest BCUT2D eigenvalue weighted by atomic mass is 10.1. The first kappa shape index (κ1) is 29.7. The van der Waals surface area contributed by atoms with Crippen molar-refractivity contribution in [2.24, 2.45) is 0 Å². The summed E-state index contributed by atoms with van der Waals surface area (Å²) in [7, 11) is 4.43. The minimum absolute atomic E-state index is 0.0273. The first-order valence-electron chi connectivity index (χ1n) is 12.6. The van der Waals surface area contributed by atoms with Crippen molar-refractivity contribution in [2.45, 2.75) is 46.2 Å². The Bertz CT molecular complexity index is 1510. The summed E-state index contributed by atoms with van der Waals surface area (Å²) in [5.41, 5.74) is 2.46. The number of fused-ring (bicyclic) bond motifs is 1. The molecule has 1 unspecified atom stereocenters. The largest absolute Gasteiger partial charge is 0.453 e. The van der Waals surface area contributed by atoms with Gasteiger partial charge in [0.1, 0.15) is 28.9 Å². The van der Waals surface area contributed by atoms with Gasteiger partial charge in [-0.3, -0.25) is 14.4 Å². The van der Waals surface area contributed by atoms with E-state index in [1.807, 2.05) is 19.9 Å². The van der Waals surface area contributed by atoms with Crippen LogP contribution in [0.5, 0.6) is 0 Å². The Labute approximate surface area is 231 Å². The third kappa shape index (κ3) is 7.85. The van der Waals surface area contributed by atoms with E-state index in [4.69, 9.17) is 0 Å². The van der Waals surface area contributed by atoms with E-state index in [-0.39, 0.29) is 24.6 Å². The molecule has 0 saturated carbocycles. The first-order valence-corrected chi connectivity index (χ1v) is 12.6. The summed E-state index contributed by atoms with van der Waals surface area (Å²) in [6, 6.07) is 2.09. The number of imidazole rings is 1. The van der Waals surface area contributed by atoms with Gasteiger partial charge in [-0.05, 0) is 57.9 Å². The summed E-state index contributed by atoms with van der Waals surface area (Å²) in [6.07, 6.45) is 6.19. The lowest BCUT2D eigenvalue weighted by Gasteiger charge is -2.17. The third-order valence-corrected chi connectivity index (χ3v) is 5.67. The molecule has 212 valence electrons. The van der Waals surface area contributed by atoms with E-state index < -0.39 is 23.6 Å². The van der Waals surface area contributed by atoms with E-state index in [2.05, 4.69) is 35.3 Å². The van der Waals surface area contributed by atoms with E-state index in [9.17, 15) is 19.2 Å². The Balaban J connectivity index is 1.79. The van der Waals surface area contributed by atoms with Crippen LogP contribution in [-0.4, -0.2) is 74.6 Å². The van der Waals surface area contributed by atoms with Crippen molar-refractivity contribution in [1.82, 2.24) is 34.7 Å². The Morgan fingerprint density at radius 2 is 1.95 bits per heavy atom. The minimum Gasteiger partial charge on any atom is -0.453 e. The van der Waals surface area contributed by atoms with Gasteiger partial charge in [0.05, 0.1) is 19.3 Å². The zero-order valence-corrected chi connectivity index (χ0v) is 23.4. The topological polar surface area (TPSA) is 164 Å². The summed E-state index contributed by atoms with van der Waals surface area (Å²) in [5.74, 6) is 0.278. The van der Waals surface area contributed by atoms with E-state index in [0.29, 0.717) is 34.9 Å². The van der Waals surface area contributed by atoms with Crippen molar-refractivity contribution in [1.29, 1.82) is 0 Å². The number of amides is 3. The molecule has 0 radical (unpaired) electrons. The fourth-order valence-corrected chi connectivity index (χ4v) is 3.74. The minimum atomic E-state index is -1.01. The fourth-order valence-electron chi connectivity index (χ4n) is 3.74. The summed E-state index contributed by atoms with van der Waals surface area (Å²) in [6.45, 7) is 5.82. The number of anilines is 1. The molecule has 0 aliphatic rings. The lowest BCUT2D eigenvalue weighted by Crippen LogP contribution is -2.44. The molecule has 0 bridgehead atoms. The normalized spacial score (nSPS) is 11.8. The van der Waals surface area contributed by atoms with Crippen LogP contribution in [0.25, 0.3) is 17.2 Å². The zero-order valence-electron chi connectivity index (χ0n) is 23.4. The van der Waals surface area contributed by atoms with Gasteiger partial charge in [0.2, 0.25) is 11.8 Å². The van der Waals surface area contributed by atoms with Crippen LogP contribution in [0, 0.1) is 6.92 Å². The van der Waals surface area contributed by atoms with E-state index >= 15 is 0 Å². The van der Waals surface area contributed by atoms with Crippen LogP contribution in [0.1, 0.15) is 44.0 Å². The second-order valence-electron chi connectivity index (χ2n) is 9.50. The number of aryl methyl sites for hydroxylation is 1. The number of nitrogens with zero attached hydrogens (tertiary/aromatic N) is 5. The maximum absolute atomic E-state index is 13.2. The lowest BCUT2D eigenvalue weighted by molar-refractivity contribution is -0.123. The zero-order chi connectivity index (χ0) is 29.4. The van der Waals surface area contributed by atoms with Crippen LogP contribution in [0.15, 0.2) is 40.8 Å². The average Bonchev–Trinajstić information content (AvgIpc) is 3.29. The summed E-state index contributed by atoms with van der Waals surface area (Å²) < 4.78 is 6.03. The van der Waals surface area contributed by atoms with Crippen molar-refractivity contribution >= 4 is 40.8 Å². The van der Waals surface area contributed by atoms with Crippen molar-refractivity contribution in [3.63, 3.8) is 0 Å². The van der Waals surface area contributed by atoms with E-state index in [1.54, 1.807) is 39.4 Å². The van der Waals surface area contributed by atoms with Gasteiger partial charge >= 0.3 is 6.09 Å². The number of aromatic nitrogens is 5. The Kier molecular flexibility index (Phi) is 9.90. The molecule has 13 nitrogen and oxygen atoms in total. The second kappa shape index (κ2) is 13.3. The van der Waals surface area contributed by atoms with Crippen LogP contribution >= 0.6 is 0 Å². The van der Waals surface area contributed by atoms with Gasteiger partial charge in [0, 0.05) is 20.3 Å². The smallest absolute Gasteiger partial charge is 0.407 e. The number of methoxy groups -OCH3 is 1. The number of alkyl carbamates (subject to hydrolysis) is 1. The molecule has 0 saturated heterocycles. The monoisotopic (exact) mass is 550 g/mol. The molecule has 3 rings (SSSR count). The molecule has 3 aromatic heterocycles. The molecule has 3 N–H and O–H groups in total. The number of H-pyrrole nitrogens is 1. The predicted molar refractivity (Wildman–Crippen MR) is 151 cm³/mol. The second-order valence-corrected chi connectivity index (χ2v) is 9.50. The van der Waals surface area contributed by atoms with Crippen molar-refractivity contribution < 1.29 is 19.1 Å². The highest BCUT2D eigenvalue weighted by Gasteiger charge is 2.22. The molecule has 0 fully saturated rings. The van der Waals surface area contributed by atoms with Crippen LogP contribution in [0.2, 0.25) is 0 Å². The van der Waals surface area contributed by atoms with Crippen LogP contribution in [0.4, 0.5) is 10.5 Å². The number of allylic oxidation sites excluding steroid dienone is 2. The highest BCUT2D eigenvalue weighted by Crippen LogP contribution is 2.17. The molecule has 0 aromatic carbocycles. The van der Waals surface area contributed by atoms with E-state index in [0.717, 1.165) is 5.57 Å². The molecule has 3 aromatic rings. The maximum atomic E-state index is 13.2. The first-order chi connectivity index (χ1) is 19.0. The van der Waals surface area contributed by atoms with Crippen LogP contribution < -0.4 is 16.2 Å². The molecule has 0 aliphatic heterocycles. The van der Waals surface area contributed by atoms with Crippen molar-refractivity contribution in [3.05, 3.63) is 63.8 Å². The molecule has 0 aliphatic carbocycles. The van der Waals surface area contributed by atoms with Crippen molar-refractivity contribution in [3.8, 4) is 0 Å². The van der Waals surface area contributed by atoms with Gasteiger partial charge in [-0.25, -0.2) is 19.7 Å². The van der Waals surface area contributed by atoms with Gasteiger partial charge in [-0.15, -0.1) is 0 Å². The van der Waals surface area contributed by atoms with Gasteiger partial charge in [-0.2, -0.15) is 0 Å². The number of nitrogens with one attached hydrogen (secondary N) is 3. The number of carbonyl (C=O) groups is 3. The highest BCUT2D eigenvalue weighted by atomic mass is 16.5. The average molecular weight is 551 g/mol. The number of ether oxygens (including phenoxy) is 1. The Morgan fingerprint density at radius 1 is 1.20 bits per heavy atom. The SMILES string of the molecule is COC(=O)NC(CCC=CC(=O)N(C)C)C(=O)Nc1cccn(Cc2nc3c(C=C(C)C)nc(C)nc3[nH]2)c1=O. The number of likely N-dealkylation sites (N-methyl/N-ethyl adjacent to an activating group) is 1. The summed E-state index contributed by atoms with van der Waals surface area (Å²) >= 11 is 0. The van der Waals surface area contributed by atoms with Crippen LogP contribution in [-0.2, 0) is 20.9 Å². The highest BCUT2D eigenvalue weighted by molar-refractivity contribution is 5.96.